The minimum absolute atomic E-state index is 0.245. The molecule has 0 spiro atoms. The average Bonchev–Trinajstić information content (AvgIpc) is 3.23. The predicted octanol–water partition coefficient (Wildman–Crippen LogP) is 1.57. The van der Waals surface area contributed by atoms with Crippen LogP contribution in [0.25, 0.3) is 5.69 Å². The van der Waals surface area contributed by atoms with E-state index in [0.29, 0.717) is 17.7 Å². The molecule has 3 aromatic rings. The Morgan fingerprint density at radius 1 is 1.15 bits per heavy atom. The summed E-state index contributed by atoms with van der Waals surface area (Å²) in [5, 5.41) is 13.7. The van der Waals surface area contributed by atoms with Gasteiger partial charge in [0, 0.05) is 12.0 Å². The molecule has 0 aliphatic heterocycles. The summed E-state index contributed by atoms with van der Waals surface area (Å²) in [5.74, 6) is -0.842. The van der Waals surface area contributed by atoms with Crippen LogP contribution >= 0.6 is 0 Å². The summed E-state index contributed by atoms with van der Waals surface area (Å²) in [6.45, 7) is 1.98. The summed E-state index contributed by atoms with van der Waals surface area (Å²) in [6, 6.07) is 15.5. The molecule has 8 heteroatoms. The van der Waals surface area contributed by atoms with E-state index in [9.17, 15) is 9.59 Å². The lowest BCUT2D eigenvalue weighted by Crippen LogP contribution is -2.43. The quantitative estimate of drug-likeness (QED) is 0.638. The van der Waals surface area contributed by atoms with Gasteiger partial charge >= 0.3 is 5.97 Å². The van der Waals surface area contributed by atoms with E-state index < -0.39 is 12.0 Å². The van der Waals surface area contributed by atoms with Crippen molar-refractivity contribution in [2.24, 2.45) is 0 Å². The zero-order chi connectivity index (χ0) is 19.1. The Labute approximate surface area is 156 Å². The molecule has 1 N–H and O–H groups in total. The topological polar surface area (TPSA) is 99.0 Å². The van der Waals surface area contributed by atoms with Crippen molar-refractivity contribution in [2.75, 3.05) is 6.61 Å². The van der Waals surface area contributed by atoms with E-state index >= 15 is 0 Å². The maximum atomic E-state index is 12.7. The van der Waals surface area contributed by atoms with Gasteiger partial charge in [-0.3, -0.25) is 4.79 Å². The number of aromatic nitrogens is 4. The van der Waals surface area contributed by atoms with Crippen LogP contribution in [0, 0.1) is 0 Å². The summed E-state index contributed by atoms with van der Waals surface area (Å²) in [6.07, 6.45) is 1.78. The van der Waals surface area contributed by atoms with Gasteiger partial charge in [0.25, 0.3) is 5.91 Å². The zero-order valence-corrected chi connectivity index (χ0v) is 14.8. The van der Waals surface area contributed by atoms with E-state index in [0.717, 1.165) is 5.56 Å². The lowest BCUT2D eigenvalue weighted by Gasteiger charge is -2.17. The Balaban J connectivity index is 1.77. The molecule has 0 fully saturated rings. The van der Waals surface area contributed by atoms with E-state index in [1.165, 1.54) is 11.0 Å². The van der Waals surface area contributed by atoms with Gasteiger partial charge in [-0.1, -0.05) is 36.4 Å². The standard InChI is InChI=1S/C19H19N5O3/c1-2-27-19(26)17(11-14-7-4-3-5-8-14)21-18(25)15-9-6-10-16(12-15)24-13-20-22-23-24/h3-10,12-13,17H,2,11H2,1H3,(H,21,25). The van der Waals surface area contributed by atoms with E-state index in [1.807, 2.05) is 30.3 Å². The largest absolute Gasteiger partial charge is 0.464 e. The van der Waals surface area contributed by atoms with Crippen molar-refractivity contribution in [3.8, 4) is 5.69 Å². The number of esters is 1. The number of carbonyl (C=O) groups excluding carboxylic acids is 2. The van der Waals surface area contributed by atoms with Crippen LogP contribution in [0.4, 0.5) is 0 Å². The molecule has 0 aliphatic carbocycles. The second-order valence-electron chi connectivity index (χ2n) is 5.77. The molecule has 0 saturated heterocycles. The number of ether oxygens (including phenoxy) is 1. The first-order valence-corrected chi connectivity index (χ1v) is 8.52. The molecular weight excluding hydrogens is 346 g/mol. The number of amides is 1. The molecular formula is C19H19N5O3. The van der Waals surface area contributed by atoms with E-state index in [-0.39, 0.29) is 12.5 Å². The number of carbonyl (C=O) groups is 2. The normalized spacial score (nSPS) is 11.6. The zero-order valence-electron chi connectivity index (χ0n) is 14.8. The first kappa shape index (κ1) is 18.2. The summed E-state index contributed by atoms with van der Waals surface area (Å²) in [4.78, 5) is 25.0. The van der Waals surface area contributed by atoms with Crippen LogP contribution in [0.15, 0.2) is 60.9 Å². The molecule has 0 radical (unpaired) electrons. The number of rotatable bonds is 7. The molecule has 1 atom stereocenters. The predicted molar refractivity (Wildman–Crippen MR) is 97.2 cm³/mol. The fourth-order valence-corrected chi connectivity index (χ4v) is 2.60. The average molecular weight is 365 g/mol. The fourth-order valence-electron chi connectivity index (χ4n) is 2.60. The minimum atomic E-state index is -0.781. The first-order valence-electron chi connectivity index (χ1n) is 8.52. The van der Waals surface area contributed by atoms with Crippen molar-refractivity contribution in [1.29, 1.82) is 0 Å². The van der Waals surface area contributed by atoms with Crippen molar-refractivity contribution in [3.05, 3.63) is 72.1 Å². The van der Waals surface area contributed by atoms with Crippen LogP contribution in [-0.4, -0.2) is 44.7 Å². The molecule has 1 heterocycles. The molecule has 0 aliphatic rings. The second-order valence-corrected chi connectivity index (χ2v) is 5.77. The van der Waals surface area contributed by atoms with Crippen LogP contribution in [-0.2, 0) is 16.0 Å². The molecule has 8 nitrogen and oxygen atoms in total. The van der Waals surface area contributed by atoms with Gasteiger partial charge < -0.3 is 10.1 Å². The van der Waals surface area contributed by atoms with Gasteiger partial charge in [-0.25, -0.2) is 9.48 Å². The molecule has 27 heavy (non-hydrogen) atoms. The molecule has 138 valence electrons. The van der Waals surface area contributed by atoms with Gasteiger partial charge in [-0.2, -0.15) is 0 Å². The number of hydrogen-bond acceptors (Lipinski definition) is 6. The lowest BCUT2D eigenvalue weighted by molar-refractivity contribution is -0.145. The monoisotopic (exact) mass is 365 g/mol. The number of nitrogens with zero attached hydrogens (tertiary/aromatic N) is 4. The maximum Gasteiger partial charge on any atom is 0.328 e. The molecule has 1 aromatic heterocycles. The van der Waals surface area contributed by atoms with Crippen LogP contribution < -0.4 is 5.32 Å². The van der Waals surface area contributed by atoms with E-state index in [4.69, 9.17) is 4.74 Å². The number of nitrogens with one attached hydrogen (secondary N) is 1. The molecule has 0 saturated carbocycles. The van der Waals surface area contributed by atoms with Crippen LogP contribution in [0.5, 0.6) is 0 Å². The highest BCUT2D eigenvalue weighted by Crippen LogP contribution is 2.10. The number of benzene rings is 2. The van der Waals surface area contributed by atoms with Crippen LogP contribution in [0.3, 0.4) is 0 Å². The molecule has 1 amide bonds. The summed E-state index contributed by atoms with van der Waals surface area (Å²) >= 11 is 0. The lowest BCUT2D eigenvalue weighted by atomic mass is 10.1. The SMILES string of the molecule is CCOC(=O)C(Cc1ccccc1)NC(=O)c1cccc(-n2cnnn2)c1. The summed E-state index contributed by atoms with van der Waals surface area (Å²) in [5.41, 5.74) is 1.96. The Kier molecular flexibility index (Phi) is 5.88. The fraction of sp³-hybridized carbons (Fsp3) is 0.211. The van der Waals surface area contributed by atoms with Gasteiger partial charge in [0.05, 0.1) is 12.3 Å². The Morgan fingerprint density at radius 3 is 2.67 bits per heavy atom. The summed E-state index contributed by atoms with van der Waals surface area (Å²) < 4.78 is 6.56. The second kappa shape index (κ2) is 8.70. The third-order valence-electron chi connectivity index (χ3n) is 3.88. The van der Waals surface area contributed by atoms with Crippen molar-refractivity contribution >= 4 is 11.9 Å². The molecule has 2 aromatic carbocycles. The highest BCUT2D eigenvalue weighted by molar-refractivity contribution is 5.97. The minimum Gasteiger partial charge on any atom is -0.464 e. The van der Waals surface area contributed by atoms with Gasteiger partial charge in [0.2, 0.25) is 0 Å². The van der Waals surface area contributed by atoms with Gasteiger partial charge in [0.15, 0.2) is 0 Å². The molecule has 1 unspecified atom stereocenters. The Bertz CT molecular complexity index is 897. The van der Waals surface area contributed by atoms with E-state index in [2.05, 4.69) is 20.8 Å². The highest BCUT2D eigenvalue weighted by atomic mass is 16.5. The van der Waals surface area contributed by atoms with E-state index in [1.54, 1.807) is 31.2 Å². The van der Waals surface area contributed by atoms with Crippen molar-refractivity contribution in [3.63, 3.8) is 0 Å². The first-order chi connectivity index (χ1) is 13.2. The number of tetrazole rings is 1. The third kappa shape index (κ3) is 4.75. The van der Waals surface area contributed by atoms with Crippen LogP contribution in [0.2, 0.25) is 0 Å². The number of hydrogen-bond donors (Lipinski definition) is 1. The Morgan fingerprint density at radius 2 is 1.96 bits per heavy atom. The van der Waals surface area contributed by atoms with Gasteiger partial charge in [-0.15, -0.1) is 5.10 Å². The van der Waals surface area contributed by atoms with Gasteiger partial charge in [-0.05, 0) is 41.1 Å². The van der Waals surface area contributed by atoms with Gasteiger partial charge in [0.1, 0.15) is 12.4 Å². The van der Waals surface area contributed by atoms with Crippen LogP contribution in [0.1, 0.15) is 22.8 Å². The highest BCUT2D eigenvalue weighted by Gasteiger charge is 2.23. The third-order valence-corrected chi connectivity index (χ3v) is 3.88. The smallest absolute Gasteiger partial charge is 0.328 e. The Hall–Kier alpha value is -3.55. The van der Waals surface area contributed by atoms with Crippen molar-refractivity contribution in [2.45, 2.75) is 19.4 Å². The maximum absolute atomic E-state index is 12.7. The van der Waals surface area contributed by atoms with Crippen molar-refractivity contribution < 1.29 is 14.3 Å². The molecule has 3 rings (SSSR count). The van der Waals surface area contributed by atoms with Crippen molar-refractivity contribution in [1.82, 2.24) is 25.5 Å². The molecule has 0 bridgehead atoms. The summed E-state index contributed by atoms with van der Waals surface area (Å²) in [7, 11) is 0.